The SMILES string of the molecule is CC(=O)C=C(C)OCCCCCCCCCC(C)(C)C. The molecule has 0 heterocycles. The van der Waals surface area contributed by atoms with Crippen LogP contribution >= 0.6 is 0 Å². The van der Waals surface area contributed by atoms with Gasteiger partial charge in [0, 0.05) is 6.08 Å². The molecule has 0 aliphatic heterocycles. The standard InChI is InChI=1S/C18H34O2/c1-16(19)15-17(2)20-14-12-10-8-6-7-9-11-13-18(3,4)5/h15H,6-14H2,1-5H3. The van der Waals surface area contributed by atoms with Gasteiger partial charge in [-0.05, 0) is 32.1 Å². The van der Waals surface area contributed by atoms with Gasteiger partial charge >= 0.3 is 0 Å². The third kappa shape index (κ3) is 15.3. The van der Waals surface area contributed by atoms with Gasteiger partial charge < -0.3 is 4.74 Å². The molecule has 0 fully saturated rings. The Kier molecular flexibility index (Phi) is 10.5. The second-order valence-electron chi connectivity index (χ2n) is 7.00. The van der Waals surface area contributed by atoms with Gasteiger partial charge in [-0.25, -0.2) is 0 Å². The summed E-state index contributed by atoms with van der Waals surface area (Å²) in [4.78, 5) is 10.8. The molecule has 0 rings (SSSR count). The normalized spacial score (nSPS) is 12.6. The van der Waals surface area contributed by atoms with Gasteiger partial charge in [0.05, 0.1) is 12.4 Å². The van der Waals surface area contributed by atoms with E-state index >= 15 is 0 Å². The van der Waals surface area contributed by atoms with Crippen LogP contribution in [0.15, 0.2) is 11.8 Å². The molecule has 0 radical (unpaired) electrons. The van der Waals surface area contributed by atoms with Crippen LogP contribution in [0.1, 0.15) is 86.0 Å². The molecule has 0 unspecified atom stereocenters. The Labute approximate surface area is 126 Å². The van der Waals surface area contributed by atoms with E-state index in [4.69, 9.17) is 4.74 Å². The van der Waals surface area contributed by atoms with Crippen LogP contribution in [0.25, 0.3) is 0 Å². The van der Waals surface area contributed by atoms with E-state index in [1.807, 2.05) is 6.92 Å². The van der Waals surface area contributed by atoms with Gasteiger partial charge in [0.25, 0.3) is 0 Å². The first-order valence-electron chi connectivity index (χ1n) is 8.13. The molecule has 0 aromatic heterocycles. The van der Waals surface area contributed by atoms with Crippen molar-refractivity contribution in [3.05, 3.63) is 11.8 Å². The summed E-state index contributed by atoms with van der Waals surface area (Å²) in [6.45, 7) is 11.1. The molecule has 0 N–H and O–H groups in total. The first kappa shape index (κ1) is 19.2. The Morgan fingerprint density at radius 3 is 1.90 bits per heavy atom. The molecular weight excluding hydrogens is 248 g/mol. The molecule has 0 saturated carbocycles. The van der Waals surface area contributed by atoms with E-state index in [9.17, 15) is 4.79 Å². The lowest BCUT2D eigenvalue weighted by Gasteiger charge is -2.17. The minimum atomic E-state index is 0.0535. The van der Waals surface area contributed by atoms with Crippen molar-refractivity contribution in [3.63, 3.8) is 0 Å². The Hall–Kier alpha value is -0.790. The minimum Gasteiger partial charge on any atom is -0.498 e. The predicted molar refractivity (Wildman–Crippen MR) is 86.8 cm³/mol. The van der Waals surface area contributed by atoms with Gasteiger partial charge in [0.1, 0.15) is 0 Å². The van der Waals surface area contributed by atoms with Crippen LogP contribution in [0.3, 0.4) is 0 Å². The number of ketones is 1. The fraction of sp³-hybridized carbons (Fsp3) is 0.833. The Bertz CT molecular complexity index is 284. The number of ether oxygens (including phenoxy) is 1. The summed E-state index contributed by atoms with van der Waals surface area (Å²) >= 11 is 0. The Morgan fingerprint density at radius 2 is 1.40 bits per heavy atom. The van der Waals surface area contributed by atoms with Crippen LogP contribution in [0.2, 0.25) is 0 Å². The summed E-state index contributed by atoms with van der Waals surface area (Å²) in [5.41, 5.74) is 0.489. The van der Waals surface area contributed by atoms with Gasteiger partial charge in [-0.1, -0.05) is 59.3 Å². The average molecular weight is 282 g/mol. The molecule has 0 aromatic carbocycles. The van der Waals surface area contributed by atoms with Crippen LogP contribution < -0.4 is 0 Å². The van der Waals surface area contributed by atoms with Crippen molar-refractivity contribution in [2.75, 3.05) is 6.61 Å². The highest BCUT2D eigenvalue weighted by Crippen LogP contribution is 2.22. The van der Waals surface area contributed by atoms with Crippen molar-refractivity contribution in [1.82, 2.24) is 0 Å². The van der Waals surface area contributed by atoms with Gasteiger partial charge in [0.15, 0.2) is 5.78 Å². The monoisotopic (exact) mass is 282 g/mol. The summed E-state index contributed by atoms with van der Waals surface area (Å²) < 4.78 is 5.48. The van der Waals surface area contributed by atoms with E-state index in [1.54, 1.807) is 13.0 Å². The van der Waals surface area contributed by atoms with Crippen LogP contribution in [-0.2, 0) is 9.53 Å². The molecule has 118 valence electrons. The average Bonchev–Trinajstić information content (AvgIpc) is 2.29. The van der Waals surface area contributed by atoms with E-state index in [-0.39, 0.29) is 5.78 Å². The third-order valence-electron chi connectivity index (χ3n) is 3.31. The maximum atomic E-state index is 10.8. The zero-order chi connectivity index (χ0) is 15.4. The van der Waals surface area contributed by atoms with Gasteiger partial charge in [-0.2, -0.15) is 0 Å². The van der Waals surface area contributed by atoms with Gasteiger partial charge in [0.2, 0.25) is 0 Å². The summed E-state index contributed by atoms with van der Waals surface area (Å²) in [7, 11) is 0. The first-order chi connectivity index (χ1) is 9.31. The third-order valence-corrected chi connectivity index (χ3v) is 3.31. The lowest BCUT2D eigenvalue weighted by atomic mass is 9.89. The maximum absolute atomic E-state index is 10.8. The van der Waals surface area contributed by atoms with Crippen LogP contribution in [0.4, 0.5) is 0 Å². The maximum Gasteiger partial charge on any atom is 0.155 e. The Morgan fingerprint density at radius 1 is 0.900 bits per heavy atom. The quantitative estimate of drug-likeness (QED) is 0.277. The van der Waals surface area contributed by atoms with E-state index in [2.05, 4.69) is 20.8 Å². The second-order valence-corrected chi connectivity index (χ2v) is 7.00. The van der Waals surface area contributed by atoms with E-state index in [0.717, 1.165) is 18.8 Å². The molecule has 0 aromatic rings. The molecule has 0 bridgehead atoms. The highest BCUT2D eigenvalue weighted by atomic mass is 16.5. The van der Waals surface area contributed by atoms with Crippen LogP contribution in [-0.4, -0.2) is 12.4 Å². The van der Waals surface area contributed by atoms with Crippen LogP contribution in [0, 0.1) is 5.41 Å². The molecule has 0 spiro atoms. The molecular formula is C18H34O2. The minimum absolute atomic E-state index is 0.0535. The number of hydrogen-bond acceptors (Lipinski definition) is 2. The molecule has 20 heavy (non-hydrogen) atoms. The molecule has 0 atom stereocenters. The van der Waals surface area contributed by atoms with E-state index < -0.39 is 0 Å². The zero-order valence-corrected chi connectivity index (χ0v) is 14.3. The van der Waals surface area contributed by atoms with Crippen molar-refractivity contribution in [1.29, 1.82) is 0 Å². The van der Waals surface area contributed by atoms with Crippen molar-refractivity contribution in [2.24, 2.45) is 5.41 Å². The van der Waals surface area contributed by atoms with E-state index in [0.29, 0.717) is 5.41 Å². The molecule has 0 aliphatic rings. The van der Waals surface area contributed by atoms with Crippen LogP contribution in [0.5, 0.6) is 0 Å². The molecule has 0 amide bonds. The predicted octanol–water partition coefficient (Wildman–Crippen LogP) is 5.66. The largest absolute Gasteiger partial charge is 0.498 e. The fourth-order valence-electron chi connectivity index (χ4n) is 2.20. The number of allylic oxidation sites excluding steroid dienone is 2. The number of carbonyl (C=O) groups is 1. The summed E-state index contributed by atoms with van der Waals surface area (Å²) in [5.74, 6) is 0.789. The smallest absolute Gasteiger partial charge is 0.155 e. The van der Waals surface area contributed by atoms with Crippen molar-refractivity contribution >= 4 is 5.78 Å². The summed E-state index contributed by atoms with van der Waals surface area (Å²) in [6.07, 6.45) is 11.9. The highest BCUT2D eigenvalue weighted by Gasteiger charge is 2.08. The molecule has 0 aliphatic carbocycles. The second kappa shape index (κ2) is 10.9. The summed E-state index contributed by atoms with van der Waals surface area (Å²) in [5, 5.41) is 0. The van der Waals surface area contributed by atoms with Crippen molar-refractivity contribution in [3.8, 4) is 0 Å². The fourth-order valence-corrected chi connectivity index (χ4v) is 2.20. The Balaban J connectivity index is 3.27. The lowest BCUT2D eigenvalue weighted by molar-refractivity contribution is -0.112. The van der Waals surface area contributed by atoms with Gasteiger partial charge in [-0.3, -0.25) is 4.79 Å². The molecule has 2 nitrogen and oxygen atoms in total. The first-order valence-corrected chi connectivity index (χ1v) is 8.13. The van der Waals surface area contributed by atoms with E-state index in [1.165, 1.54) is 44.9 Å². The highest BCUT2D eigenvalue weighted by molar-refractivity contribution is 5.87. The zero-order valence-electron chi connectivity index (χ0n) is 14.3. The topological polar surface area (TPSA) is 26.3 Å². The lowest BCUT2D eigenvalue weighted by Crippen LogP contribution is -2.03. The van der Waals surface area contributed by atoms with Crippen molar-refractivity contribution in [2.45, 2.75) is 86.0 Å². The number of carbonyl (C=O) groups excluding carboxylic acids is 1. The summed E-state index contributed by atoms with van der Waals surface area (Å²) in [6, 6.07) is 0. The number of unbranched alkanes of at least 4 members (excludes halogenated alkanes) is 6. The van der Waals surface area contributed by atoms with Crippen molar-refractivity contribution < 1.29 is 9.53 Å². The molecule has 2 heteroatoms. The number of rotatable bonds is 11. The number of hydrogen-bond donors (Lipinski definition) is 0. The molecule has 0 saturated heterocycles. The van der Waals surface area contributed by atoms with Gasteiger partial charge in [-0.15, -0.1) is 0 Å².